The van der Waals surface area contributed by atoms with E-state index in [1.807, 2.05) is 25.1 Å². The number of hydrogen-bond donors (Lipinski definition) is 1. The Morgan fingerprint density at radius 2 is 2.37 bits per heavy atom. The standard InChI is InChI=1S/C14H16N2O3/c1-9-16-12-6-10(2-5-13(12)19-9)8-18-14(17)7-15-11-3-4-11/h2,5-6,11,15H,3-4,7-8H2,1H3. The van der Waals surface area contributed by atoms with Gasteiger partial charge in [0.25, 0.3) is 0 Å². The Bertz CT molecular complexity index is 602. The molecule has 1 aromatic heterocycles. The number of aromatic nitrogens is 1. The molecule has 2 aromatic rings. The fourth-order valence-corrected chi connectivity index (χ4v) is 1.91. The minimum Gasteiger partial charge on any atom is -0.460 e. The molecule has 0 amide bonds. The highest BCUT2D eigenvalue weighted by Crippen LogP contribution is 2.18. The first kappa shape index (κ1) is 12.2. The number of nitrogens with one attached hydrogen (secondary N) is 1. The number of esters is 1. The molecule has 0 saturated heterocycles. The zero-order valence-corrected chi connectivity index (χ0v) is 10.8. The number of aryl methyl sites for hydroxylation is 1. The van der Waals surface area contributed by atoms with Gasteiger partial charge in [0.2, 0.25) is 0 Å². The minimum atomic E-state index is -0.219. The second-order valence-corrected chi connectivity index (χ2v) is 4.85. The highest BCUT2D eigenvalue weighted by molar-refractivity contribution is 5.74. The lowest BCUT2D eigenvalue weighted by Gasteiger charge is -2.05. The molecule has 3 rings (SSSR count). The molecule has 19 heavy (non-hydrogen) atoms. The predicted octanol–water partition coefficient (Wildman–Crippen LogP) is 1.93. The van der Waals surface area contributed by atoms with Crippen molar-refractivity contribution in [3.63, 3.8) is 0 Å². The van der Waals surface area contributed by atoms with Crippen LogP contribution >= 0.6 is 0 Å². The van der Waals surface area contributed by atoms with Gasteiger partial charge in [-0.1, -0.05) is 6.07 Å². The normalized spacial score (nSPS) is 14.8. The van der Waals surface area contributed by atoms with Gasteiger partial charge in [-0.05, 0) is 30.5 Å². The van der Waals surface area contributed by atoms with E-state index in [1.165, 1.54) is 0 Å². The molecule has 1 saturated carbocycles. The minimum absolute atomic E-state index is 0.219. The number of carbonyl (C=O) groups is 1. The van der Waals surface area contributed by atoms with Gasteiger partial charge in [0.1, 0.15) is 12.1 Å². The molecule has 5 nitrogen and oxygen atoms in total. The lowest BCUT2D eigenvalue weighted by atomic mass is 10.2. The van der Waals surface area contributed by atoms with E-state index in [2.05, 4.69) is 10.3 Å². The van der Waals surface area contributed by atoms with Crippen LogP contribution < -0.4 is 5.32 Å². The van der Waals surface area contributed by atoms with Gasteiger partial charge >= 0.3 is 5.97 Å². The summed E-state index contributed by atoms with van der Waals surface area (Å²) in [5.74, 6) is 0.418. The number of fused-ring (bicyclic) bond motifs is 1. The van der Waals surface area contributed by atoms with Crippen LogP contribution in [0.3, 0.4) is 0 Å². The molecule has 5 heteroatoms. The van der Waals surface area contributed by atoms with Crippen LogP contribution in [0.4, 0.5) is 0 Å². The van der Waals surface area contributed by atoms with Crippen LogP contribution in [0.15, 0.2) is 22.6 Å². The van der Waals surface area contributed by atoms with Crippen LogP contribution in [0.2, 0.25) is 0 Å². The number of hydrogen-bond acceptors (Lipinski definition) is 5. The molecule has 100 valence electrons. The lowest BCUT2D eigenvalue weighted by molar-refractivity contribution is -0.143. The van der Waals surface area contributed by atoms with Gasteiger partial charge in [0, 0.05) is 13.0 Å². The Hall–Kier alpha value is -1.88. The van der Waals surface area contributed by atoms with Gasteiger partial charge in [-0.2, -0.15) is 0 Å². The quantitative estimate of drug-likeness (QED) is 0.832. The second-order valence-electron chi connectivity index (χ2n) is 4.85. The predicted molar refractivity (Wildman–Crippen MR) is 69.6 cm³/mol. The fourth-order valence-electron chi connectivity index (χ4n) is 1.91. The van der Waals surface area contributed by atoms with Gasteiger partial charge in [-0.15, -0.1) is 0 Å². The van der Waals surface area contributed by atoms with E-state index in [0.717, 1.165) is 29.5 Å². The Kier molecular flexibility index (Phi) is 3.21. The third kappa shape index (κ3) is 3.12. The van der Waals surface area contributed by atoms with E-state index in [0.29, 0.717) is 11.9 Å². The van der Waals surface area contributed by atoms with Crippen molar-refractivity contribution in [2.75, 3.05) is 6.54 Å². The van der Waals surface area contributed by atoms with E-state index >= 15 is 0 Å². The topological polar surface area (TPSA) is 64.4 Å². The number of nitrogens with zero attached hydrogens (tertiary/aromatic N) is 1. The molecule has 0 atom stereocenters. The first-order valence-corrected chi connectivity index (χ1v) is 6.46. The highest BCUT2D eigenvalue weighted by atomic mass is 16.5. The maximum Gasteiger partial charge on any atom is 0.320 e. The first-order valence-electron chi connectivity index (χ1n) is 6.46. The molecule has 0 radical (unpaired) electrons. The van der Waals surface area contributed by atoms with Crippen LogP contribution in [0, 0.1) is 6.92 Å². The van der Waals surface area contributed by atoms with E-state index in [4.69, 9.17) is 9.15 Å². The van der Waals surface area contributed by atoms with Crippen molar-refractivity contribution in [1.82, 2.24) is 10.3 Å². The van der Waals surface area contributed by atoms with Crippen molar-refractivity contribution in [2.45, 2.75) is 32.4 Å². The van der Waals surface area contributed by atoms with Gasteiger partial charge in [0.15, 0.2) is 11.5 Å². The zero-order valence-electron chi connectivity index (χ0n) is 10.8. The summed E-state index contributed by atoms with van der Waals surface area (Å²) in [6, 6.07) is 6.13. The Morgan fingerprint density at radius 1 is 1.53 bits per heavy atom. The average Bonchev–Trinajstić information content (AvgIpc) is 3.14. The fraction of sp³-hybridized carbons (Fsp3) is 0.429. The maximum atomic E-state index is 11.5. The molecule has 0 bridgehead atoms. The van der Waals surface area contributed by atoms with E-state index in [9.17, 15) is 4.79 Å². The lowest BCUT2D eigenvalue weighted by Crippen LogP contribution is -2.26. The van der Waals surface area contributed by atoms with Crippen molar-refractivity contribution in [3.8, 4) is 0 Å². The van der Waals surface area contributed by atoms with Gasteiger partial charge in [-0.3, -0.25) is 4.79 Å². The largest absolute Gasteiger partial charge is 0.460 e. The zero-order chi connectivity index (χ0) is 13.2. The van der Waals surface area contributed by atoms with Gasteiger partial charge < -0.3 is 14.5 Å². The van der Waals surface area contributed by atoms with Crippen LogP contribution in [-0.4, -0.2) is 23.5 Å². The van der Waals surface area contributed by atoms with Gasteiger partial charge in [-0.25, -0.2) is 4.98 Å². The third-order valence-electron chi connectivity index (χ3n) is 3.07. The number of oxazole rings is 1. The monoisotopic (exact) mass is 260 g/mol. The third-order valence-corrected chi connectivity index (χ3v) is 3.07. The summed E-state index contributed by atoms with van der Waals surface area (Å²) in [4.78, 5) is 15.7. The Labute approximate surface area is 111 Å². The number of benzene rings is 1. The molecule has 1 aliphatic rings. The van der Waals surface area contributed by atoms with Crippen molar-refractivity contribution >= 4 is 17.1 Å². The summed E-state index contributed by atoms with van der Waals surface area (Å²) in [5, 5.41) is 3.12. The van der Waals surface area contributed by atoms with Crippen LogP contribution in [0.1, 0.15) is 24.3 Å². The summed E-state index contributed by atoms with van der Waals surface area (Å²) in [6.07, 6.45) is 2.32. The number of rotatable bonds is 5. The van der Waals surface area contributed by atoms with Crippen molar-refractivity contribution < 1.29 is 13.9 Å². The first-order chi connectivity index (χ1) is 9.20. The highest BCUT2D eigenvalue weighted by Gasteiger charge is 2.21. The summed E-state index contributed by atoms with van der Waals surface area (Å²) >= 11 is 0. The van der Waals surface area contributed by atoms with Crippen molar-refractivity contribution in [3.05, 3.63) is 29.7 Å². The summed E-state index contributed by atoms with van der Waals surface area (Å²) < 4.78 is 10.6. The molecule has 1 fully saturated rings. The molecular formula is C14H16N2O3. The van der Waals surface area contributed by atoms with E-state index in [-0.39, 0.29) is 19.1 Å². The van der Waals surface area contributed by atoms with Gasteiger partial charge in [0.05, 0.1) is 6.54 Å². The molecule has 1 aromatic carbocycles. The summed E-state index contributed by atoms with van der Waals surface area (Å²) in [5.41, 5.74) is 2.46. The number of ether oxygens (including phenoxy) is 1. The summed E-state index contributed by atoms with van der Waals surface area (Å²) in [7, 11) is 0. The SMILES string of the molecule is Cc1nc2cc(COC(=O)CNC3CC3)ccc2o1. The molecule has 0 aliphatic heterocycles. The molecule has 1 N–H and O–H groups in total. The number of carbonyl (C=O) groups excluding carboxylic acids is 1. The van der Waals surface area contributed by atoms with Crippen molar-refractivity contribution in [2.24, 2.45) is 0 Å². The molecule has 1 aliphatic carbocycles. The molecule has 1 heterocycles. The van der Waals surface area contributed by atoms with Crippen LogP contribution in [0.25, 0.3) is 11.1 Å². The van der Waals surface area contributed by atoms with E-state index in [1.54, 1.807) is 0 Å². The second kappa shape index (κ2) is 5.01. The maximum absolute atomic E-state index is 11.5. The Balaban J connectivity index is 1.56. The van der Waals surface area contributed by atoms with Crippen LogP contribution in [-0.2, 0) is 16.1 Å². The molecule has 0 unspecified atom stereocenters. The van der Waals surface area contributed by atoms with Crippen molar-refractivity contribution in [1.29, 1.82) is 0 Å². The van der Waals surface area contributed by atoms with Crippen LogP contribution in [0.5, 0.6) is 0 Å². The average molecular weight is 260 g/mol. The smallest absolute Gasteiger partial charge is 0.320 e. The van der Waals surface area contributed by atoms with E-state index < -0.39 is 0 Å². The summed E-state index contributed by atoms with van der Waals surface area (Å²) in [6.45, 7) is 2.37. The Morgan fingerprint density at radius 3 is 3.16 bits per heavy atom. The molecule has 0 spiro atoms. The molecular weight excluding hydrogens is 244 g/mol.